The third-order valence-electron chi connectivity index (χ3n) is 3.33. The highest BCUT2D eigenvalue weighted by Crippen LogP contribution is 2.32. The number of carboxylic acid groups (broad SMARTS) is 2. The van der Waals surface area contributed by atoms with Crippen LogP contribution >= 0.6 is 0 Å². The monoisotopic (exact) mass is 288 g/mol. The van der Waals surface area contributed by atoms with Crippen molar-refractivity contribution < 1.29 is 29.3 Å². The number of aliphatic carboxylic acids is 2. The van der Waals surface area contributed by atoms with Crippen molar-refractivity contribution in [1.82, 2.24) is 0 Å². The molecular weight excluding hydrogens is 264 g/mol. The predicted octanol–water partition coefficient (Wildman–Crippen LogP) is -0.504. The summed E-state index contributed by atoms with van der Waals surface area (Å²) in [7, 11) is 0. The molecule has 0 atom stereocenters. The zero-order valence-electron chi connectivity index (χ0n) is 12.3. The molecule has 0 aromatic rings. The van der Waals surface area contributed by atoms with Gasteiger partial charge in [0.2, 0.25) is 0 Å². The van der Waals surface area contributed by atoms with E-state index < -0.39 is 17.4 Å². The van der Waals surface area contributed by atoms with Gasteiger partial charge in [0.15, 0.2) is 0 Å². The number of carbonyl (C=O) groups excluding carboxylic acids is 2. The zero-order valence-corrected chi connectivity index (χ0v) is 12.3. The van der Waals surface area contributed by atoms with Gasteiger partial charge in [-0.25, -0.2) is 0 Å². The Morgan fingerprint density at radius 3 is 1.80 bits per heavy atom. The predicted molar refractivity (Wildman–Crippen MR) is 68.5 cm³/mol. The quantitative estimate of drug-likeness (QED) is 0.423. The van der Waals surface area contributed by atoms with Gasteiger partial charge in [0.1, 0.15) is 0 Å². The smallest absolute Gasteiger partial charge is 0.0477 e. The van der Waals surface area contributed by atoms with E-state index in [9.17, 15) is 19.8 Å². The standard InChI is InChI=1S/C14H26O6/c1-3-19-10-8-14(13(17)18,9-11-20-4-2)7-5-6-12(15)16/h3-11H2,1-2H3,(H,15,16)(H,17,18)/p-2. The largest absolute Gasteiger partial charge is 0.550 e. The normalized spacial score (nSPS) is 11.5. The van der Waals surface area contributed by atoms with Crippen LogP contribution in [0.5, 0.6) is 0 Å². The minimum absolute atomic E-state index is 0.154. The van der Waals surface area contributed by atoms with Crippen LogP contribution < -0.4 is 10.2 Å². The lowest BCUT2D eigenvalue weighted by Gasteiger charge is -2.35. The van der Waals surface area contributed by atoms with E-state index in [1.54, 1.807) is 0 Å². The molecule has 0 aromatic carbocycles. The molecule has 20 heavy (non-hydrogen) atoms. The van der Waals surface area contributed by atoms with Gasteiger partial charge < -0.3 is 29.3 Å². The Morgan fingerprint density at radius 1 is 0.950 bits per heavy atom. The number of rotatable bonds is 13. The van der Waals surface area contributed by atoms with E-state index in [2.05, 4.69) is 0 Å². The van der Waals surface area contributed by atoms with Crippen molar-refractivity contribution >= 4 is 11.9 Å². The zero-order chi connectivity index (χ0) is 15.4. The van der Waals surface area contributed by atoms with E-state index in [0.717, 1.165) is 0 Å². The lowest BCUT2D eigenvalue weighted by Crippen LogP contribution is -2.44. The summed E-state index contributed by atoms with van der Waals surface area (Å²) in [6.45, 7) is 5.29. The molecule has 0 aliphatic heterocycles. The molecule has 6 nitrogen and oxygen atoms in total. The van der Waals surface area contributed by atoms with E-state index in [1.807, 2.05) is 13.8 Å². The molecule has 0 saturated carbocycles. The van der Waals surface area contributed by atoms with Crippen LogP contribution in [0.4, 0.5) is 0 Å². The first kappa shape index (κ1) is 18.9. The number of carboxylic acids is 2. The summed E-state index contributed by atoms with van der Waals surface area (Å²) in [5.41, 5.74) is -1.10. The van der Waals surface area contributed by atoms with E-state index >= 15 is 0 Å². The molecule has 0 unspecified atom stereocenters. The topological polar surface area (TPSA) is 98.7 Å². The van der Waals surface area contributed by atoms with Gasteiger partial charge in [-0.05, 0) is 46.0 Å². The fraction of sp³-hybridized carbons (Fsp3) is 0.857. The number of hydrogen-bond donors (Lipinski definition) is 0. The van der Waals surface area contributed by atoms with Crippen LogP contribution in [0.2, 0.25) is 0 Å². The van der Waals surface area contributed by atoms with Crippen molar-refractivity contribution in [2.75, 3.05) is 26.4 Å². The van der Waals surface area contributed by atoms with Gasteiger partial charge in [0.05, 0.1) is 0 Å². The first-order valence-corrected chi connectivity index (χ1v) is 7.05. The van der Waals surface area contributed by atoms with Crippen molar-refractivity contribution in [1.29, 1.82) is 0 Å². The minimum Gasteiger partial charge on any atom is -0.550 e. The molecule has 118 valence electrons. The average Bonchev–Trinajstić information content (AvgIpc) is 2.38. The maximum Gasteiger partial charge on any atom is 0.0477 e. The molecule has 0 aliphatic rings. The highest BCUT2D eigenvalue weighted by Gasteiger charge is 2.31. The van der Waals surface area contributed by atoms with Crippen LogP contribution in [0, 0.1) is 5.41 Å². The fourth-order valence-electron chi connectivity index (χ4n) is 2.08. The van der Waals surface area contributed by atoms with Crippen LogP contribution in [-0.4, -0.2) is 38.4 Å². The van der Waals surface area contributed by atoms with Crippen LogP contribution in [0.1, 0.15) is 46.0 Å². The second-order valence-corrected chi connectivity index (χ2v) is 4.69. The number of ether oxygens (including phenoxy) is 2. The van der Waals surface area contributed by atoms with Crippen molar-refractivity contribution in [3.05, 3.63) is 0 Å². The molecule has 0 N–H and O–H groups in total. The van der Waals surface area contributed by atoms with Gasteiger partial charge in [-0.2, -0.15) is 0 Å². The van der Waals surface area contributed by atoms with Gasteiger partial charge in [-0.1, -0.05) is 0 Å². The molecule has 0 saturated heterocycles. The molecule has 0 rings (SSSR count). The maximum atomic E-state index is 11.5. The van der Waals surface area contributed by atoms with E-state index in [4.69, 9.17) is 9.47 Å². The lowest BCUT2D eigenvalue weighted by atomic mass is 9.77. The number of hydrogen-bond acceptors (Lipinski definition) is 6. The summed E-state index contributed by atoms with van der Waals surface area (Å²) in [6.07, 6.45) is 0.906. The summed E-state index contributed by atoms with van der Waals surface area (Å²) in [4.78, 5) is 22.0. The summed E-state index contributed by atoms with van der Waals surface area (Å²) < 4.78 is 10.4. The molecule has 0 spiro atoms. The van der Waals surface area contributed by atoms with Gasteiger partial charge >= 0.3 is 0 Å². The molecule has 0 bridgehead atoms. The molecule has 6 heteroatoms. The van der Waals surface area contributed by atoms with Crippen LogP contribution in [-0.2, 0) is 19.1 Å². The first-order chi connectivity index (χ1) is 9.48. The van der Waals surface area contributed by atoms with Crippen molar-refractivity contribution in [3.8, 4) is 0 Å². The molecule has 0 amide bonds. The van der Waals surface area contributed by atoms with Crippen molar-refractivity contribution in [3.63, 3.8) is 0 Å². The molecule has 0 radical (unpaired) electrons. The van der Waals surface area contributed by atoms with E-state index in [-0.39, 0.29) is 19.3 Å². The van der Waals surface area contributed by atoms with Crippen LogP contribution in [0.3, 0.4) is 0 Å². The average molecular weight is 288 g/mol. The van der Waals surface area contributed by atoms with Crippen molar-refractivity contribution in [2.24, 2.45) is 5.41 Å². The Bertz CT molecular complexity index is 279. The summed E-state index contributed by atoms with van der Waals surface area (Å²) in [6, 6.07) is 0. The Hall–Kier alpha value is -1.14. The van der Waals surface area contributed by atoms with Gasteiger partial charge in [0, 0.05) is 43.8 Å². The summed E-state index contributed by atoms with van der Waals surface area (Å²) >= 11 is 0. The molecule has 0 aromatic heterocycles. The SMILES string of the molecule is CCOCCC(CCCC(=O)[O-])(CCOCC)C(=O)[O-]. The van der Waals surface area contributed by atoms with E-state index in [0.29, 0.717) is 39.3 Å². The second kappa shape index (κ2) is 10.6. The molecule has 0 heterocycles. The fourth-order valence-corrected chi connectivity index (χ4v) is 2.08. The van der Waals surface area contributed by atoms with Gasteiger partial charge in [-0.3, -0.25) is 0 Å². The Morgan fingerprint density at radius 2 is 1.45 bits per heavy atom. The molecule has 0 fully saturated rings. The highest BCUT2D eigenvalue weighted by molar-refractivity contribution is 5.72. The third-order valence-corrected chi connectivity index (χ3v) is 3.33. The van der Waals surface area contributed by atoms with Crippen LogP contribution in [0.25, 0.3) is 0 Å². The van der Waals surface area contributed by atoms with Crippen molar-refractivity contribution in [2.45, 2.75) is 46.0 Å². The summed E-state index contributed by atoms with van der Waals surface area (Å²) in [5, 5.41) is 22.0. The Kier molecular flexibility index (Phi) is 10.0. The third kappa shape index (κ3) is 7.45. The first-order valence-electron chi connectivity index (χ1n) is 7.05. The van der Waals surface area contributed by atoms with Gasteiger partial charge in [-0.15, -0.1) is 0 Å². The van der Waals surface area contributed by atoms with Crippen LogP contribution in [0.15, 0.2) is 0 Å². The molecule has 0 aliphatic carbocycles. The molecular formula is C14H24O6-2. The summed E-state index contributed by atoms with van der Waals surface area (Å²) in [5.74, 6) is -2.35. The van der Waals surface area contributed by atoms with Gasteiger partial charge in [0.25, 0.3) is 0 Å². The lowest BCUT2D eigenvalue weighted by molar-refractivity contribution is -0.322. The minimum atomic E-state index is -1.17. The number of carbonyl (C=O) groups is 2. The maximum absolute atomic E-state index is 11.5. The highest BCUT2D eigenvalue weighted by atomic mass is 16.5. The Labute approximate surface area is 120 Å². The Balaban J connectivity index is 4.63. The second-order valence-electron chi connectivity index (χ2n) is 4.69. The van der Waals surface area contributed by atoms with E-state index in [1.165, 1.54) is 0 Å².